The first kappa shape index (κ1) is 11.6. The second-order valence-electron chi connectivity index (χ2n) is 3.85. The number of hydrogen-bond acceptors (Lipinski definition) is 6. The standard InChI is InChI=1S/C10H16N4OS/c1-6(3-15-2)9-12-8-5-16-4-7(8)10(13-9)14-11/h6H,3-5,11H2,1-2H3,(H,12,13,14). The summed E-state index contributed by atoms with van der Waals surface area (Å²) in [5, 5.41) is 0. The molecule has 0 spiro atoms. The molecule has 0 fully saturated rings. The van der Waals surface area contributed by atoms with Crippen molar-refractivity contribution in [3.63, 3.8) is 0 Å². The van der Waals surface area contributed by atoms with Crippen LogP contribution in [0.15, 0.2) is 0 Å². The van der Waals surface area contributed by atoms with Gasteiger partial charge in [-0.3, -0.25) is 0 Å². The number of anilines is 1. The van der Waals surface area contributed by atoms with E-state index in [9.17, 15) is 0 Å². The highest BCUT2D eigenvalue weighted by Crippen LogP contribution is 2.33. The lowest BCUT2D eigenvalue weighted by Crippen LogP contribution is -2.16. The number of thioether (sulfide) groups is 1. The number of ether oxygens (including phenoxy) is 1. The molecule has 1 aliphatic rings. The normalized spacial score (nSPS) is 15.9. The van der Waals surface area contributed by atoms with Gasteiger partial charge in [0.05, 0.1) is 12.3 Å². The lowest BCUT2D eigenvalue weighted by atomic mass is 10.1. The Morgan fingerprint density at radius 3 is 3.00 bits per heavy atom. The number of nitrogens with one attached hydrogen (secondary N) is 1. The fraction of sp³-hybridized carbons (Fsp3) is 0.600. The first-order valence-corrected chi connectivity index (χ1v) is 6.34. The van der Waals surface area contributed by atoms with E-state index in [1.807, 2.05) is 18.7 Å². The largest absolute Gasteiger partial charge is 0.384 e. The third kappa shape index (κ3) is 2.14. The smallest absolute Gasteiger partial charge is 0.148 e. The maximum atomic E-state index is 5.49. The van der Waals surface area contributed by atoms with E-state index in [-0.39, 0.29) is 5.92 Å². The molecule has 0 saturated heterocycles. The summed E-state index contributed by atoms with van der Waals surface area (Å²) in [4.78, 5) is 9.01. The molecule has 88 valence electrons. The monoisotopic (exact) mass is 240 g/mol. The molecule has 0 saturated carbocycles. The Kier molecular flexibility index (Phi) is 3.63. The molecule has 16 heavy (non-hydrogen) atoms. The van der Waals surface area contributed by atoms with Crippen LogP contribution in [0.2, 0.25) is 0 Å². The van der Waals surface area contributed by atoms with Crippen LogP contribution >= 0.6 is 11.8 Å². The zero-order chi connectivity index (χ0) is 11.5. The summed E-state index contributed by atoms with van der Waals surface area (Å²) >= 11 is 1.84. The quantitative estimate of drug-likeness (QED) is 0.609. The summed E-state index contributed by atoms with van der Waals surface area (Å²) in [5.74, 6) is 9.11. The van der Waals surface area contributed by atoms with E-state index < -0.39 is 0 Å². The van der Waals surface area contributed by atoms with E-state index in [0.717, 1.165) is 34.4 Å². The molecule has 0 aromatic carbocycles. The molecule has 2 rings (SSSR count). The molecule has 1 aromatic rings. The summed E-state index contributed by atoms with van der Waals surface area (Å²) in [5.41, 5.74) is 4.90. The van der Waals surface area contributed by atoms with E-state index in [1.165, 1.54) is 0 Å². The number of fused-ring (bicyclic) bond motifs is 1. The molecule has 1 aliphatic heterocycles. The van der Waals surface area contributed by atoms with Crippen molar-refractivity contribution in [2.45, 2.75) is 24.3 Å². The van der Waals surface area contributed by atoms with Gasteiger partial charge in [-0.05, 0) is 0 Å². The Morgan fingerprint density at radius 2 is 2.31 bits per heavy atom. The third-order valence-electron chi connectivity index (χ3n) is 2.59. The molecular weight excluding hydrogens is 224 g/mol. The predicted molar refractivity (Wildman–Crippen MR) is 65.1 cm³/mol. The molecule has 3 N–H and O–H groups in total. The van der Waals surface area contributed by atoms with Crippen molar-refractivity contribution in [3.8, 4) is 0 Å². The van der Waals surface area contributed by atoms with Crippen LogP contribution in [0.4, 0.5) is 5.82 Å². The highest BCUT2D eigenvalue weighted by Gasteiger charge is 2.21. The van der Waals surface area contributed by atoms with Gasteiger partial charge >= 0.3 is 0 Å². The van der Waals surface area contributed by atoms with Gasteiger partial charge < -0.3 is 10.2 Å². The molecule has 0 radical (unpaired) electrons. The minimum absolute atomic E-state index is 0.188. The maximum Gasteiger partial charge on any atom is 0.148 e. The summed E-state index contributed by atoms with van der Waals surface area (Å²) in [6.07, 6.45) is 0. The minimum atomic E-state index is 0.188. The van der Waals surface area contributed by atoms with Crippen molar-refractivity contribution in [2.75, 3.05) is 19.1 Å². The minimum Gasteiger partial charge on any atom is -0.384 e. The van der Waals surface area contributed by atoms with Gasteiger partial charge in [0.15, 0.2) is 0 Å². The molecule has 6 heteroatoms. The van der Waals surface area contributed by atoms with Gasteiger partial charge in [0, 0.05) is 30.1 Å². The van der Waals surface area contributed by atoms with Crippen molar-refractivity contribution < 1.29 is 4.74 Å². The fourth-order valence-corrected chi connectivity index (χ4v) is 2.78. The van der Waals surface area contributed by atoms with Crippen molar-refractivity contribution in [1.82, 2.24) is 9.97 Å². The lowest BCUT2D eigenvalue weighted by Gasteiger charge is -2.13. The van der Waals surface area contributed by atoms with Gasteiger partial charge in [0.25, 0.3) is 0 Å². The van der Waals surface area contributed by atoms with E-state index in [4.69, 9.17) is 10.6 Å². The number of hydrogen-bond donors (Lipinski definition) is 2. The number of hydrazine groups is 1. The zero-order valence-corrected chi connectivity index (χ0v) is 10.3. The number of rotatable bonds is 4. The first-order valence-electron chi connectivity index (χ1n) is 5.19. The lowest BCUT2D eigenvalue weighted by molar-refractivity contribution is 0.181. The van der Waals surface area contributed by atoms with E-state index in [2.05, 4.69) is 15.4 Å². The summed E-state index contributed by atoms with van der Waals surface area (Å²) in [6.45, 7) is 2.67. The van der Waals surface area contributed by atoms with Gasteiger partial charge in [-0.15, -0.1) is 0 Å². The number of nitrogens with zero attached hydrogens (tertiary/aromatic N) is 2. The molecule has 2 heterocycles. The van der Waals surface area contributed by atoms with Gasteiger partial charge in [-0.2, -0.15) is 11.8 Å². The Hall–Kier alpha value is -0.850. The second kappa shape index (κ2) is 4.99. The van der Waals surface area contributed by atoms with Crippen molar-refractivity contribution in [2.24, 2.45) is 5.84 Å². The maximum absolute atomic E-state index is 5.49. The predicted octanol–water partition coefficient (Wildman–Crippen LogP) is 1.26. The van der Waals surface area contributed by atoms with Crippen LogP contribution in [0.5, 0.6) is 0 Å². The van der Waals surface area contributed by atoms with Crippen LogP contribution in [0.3, 0.4) is 0 Å². The average Bonchev–Trinajstić information content (AvgIpc) is 2.75. The Morgan fingerprint density at radius 1 is 1.50 bits per heavy atom. The second-order valence-corrected chi connectivity index (χ2v) is 4.83. The van der Waals surface area contributed by atoms with Gasteiger partial charge in [0.2, 0.25) is 0 Å². The molecule has 1 atom stereocenters. The van der Waals surface area contributed by atoms with Gasteiger partial charge in [-0.25, -0.2) is 15.8 Å². The Bertz CT molecular complexity index is 385. The van der Waals surface area contributed by atoms with Crippen LogP contribution in [0, 0.1) is 0 Å². The van der Waals surface area contributed by atoms with Gasteiger partial charge in [0.1, 0.15) is 11.6 Å². The summed E-state index contributed by atoms with van der Waals surface area (Å²) < 4.78 is 5.11. The van der Waals surface area contributed by atoms with Crippen LogP contribution in [-0.4, -0.2) is 23.7 Å². The average molecular weight is 240 g/mol. The van der Waals surface area contributed by atoms with E-state index >= 15 is 0 Å². The fourth-order valence-electron chi connectivity index (χ4n) is 1.73. The first-order chi connectivity index (χ1) is 7.76. The number of methoxy groups -OCH3 is 1. The third-order valence-corrected chi connectivity index (χ3v) is 3.56. The molecule has 0 bridgehead atoms. The van der Waals surface area contributed by atoms with E-state index in [0.29, 0.717) is 6.61 Å². The van der Waals surface area contributed by atoms with Crippen LogP contribution in [0.1, 0.15) is 29.9 Å². The molecule has 1 aromatic heterocycles. The molecule has 0 aliphatic carbocycles. The molecule has 0 amide bonds. The Labute approximate surface area is 99.2 Å². The Balaban J connectivity index is 2.34. The summed E-state index contributed by atoms with van der Waals surface area (Å²) in [6, 6.07) is 0. The number of aromatic nitrogens is 2. The molecule has 5 nitrogen and oxygen atoms in total. The SMILES string of the molecule is COCC(C)c1nc2c(c(NN)n1)CSC2. The summed E-state index contributed by atoms with van der Waals surface area (Å²) in [7, 11) is 1.68. The zero-order valence-electron chi connectivity index (χ0n) is 9.49. The van der Waals surface area contributed by atoms with Crippen LogP contribution < -0.4 is 11.3 Å². The van der Waals surface area contributed by atoms with E-state index in [1.54, 1.807) is 7.11 Å². The van der Waals surface area contributed by atoms with Gasteiger partial charge in [-0.1, -0.05) is 6.92 Å². The van der Waals surface area contributed by atoms with Crippen molar-refractivity contribution in [1.29, 1.82) is 0 Å². The van der Waals surface area contributed by atoms with Crippen LogP contribution in [-0.2, 0) is 16.2 Å². The highest BCUT2D eigenvalue weighted by molar-refractivity contribution is 7.98. The van der Waals surface area contributed by atoms with Crippen LogP contribution in [0.25, 0.3) is 0 Å². The molecule has 1 unspecified atom stereocenters. The van der Waals surface area contributed by atoms with Crippen molar-refractivity contribution >= 4 is 17.6 Å². The number of nitrogen functional groups attached to an aromatic ring is 1. The molecular formula is C10H16N4OS. The van der Waals surface area contributed by atoms with Crippen molar-refractivity contribution in [3.05, 3.63) is 17.1 Å². The highest BCUT2D eigenvalue weighted by atomic mass is 32.2. The number of nitrogens with two attached hydrogens (primary N) is 1. The topological polar surface area (TPSA) is 73.1 Å².